The SMILES string of the molecule is CC(C)c1ccccc1NC(=O)CN1C(=O)[C@H]2CC=CC[C@H]2C1=O. The molecule has 1 aromatic rings. The molecular weight excluding hydrogens is 304 g/mol. The third-order valence-corrected chi connectivity index (χ3v) is 4.76. The molecule has 3 amide bonds. The Hall–Kier alpha value is -2.43. The van der Waals surface area contributed by atoms with Gasteiger partial charge in [-0.3, -0.25) is 19.3 Å². The van der Waals surface area contributed by atoms with E-state index in [0.717, 1.165) is 16.2 Å². The molecule has 0 saturated carbocycles. The van der Waals surface area contributed by atoms with Crippen molar-refractivity contribution in [1.82, 2.24) is 4.90 Å². The summed E-state index contributed by atoms with van der Waals surface area (Å²) in [5, 5.41) is 2.84. The summed E-state index contributed by atoms with van der Waals surface area (Å²) in [5.74, 6) is -1.10. The van der Waals surface area contributed by atoms with Crippen molar-refractivity contribution in [2.75, 3.05) is 11.9 Å². The second kappa shape index (κ2) is 6.59. The maximum Gasteiger partial charge on any atom is 0.244 e. The zero-order valence-electron chi connectivity index (χ0n) is 14.0. The molecule has 1 N–H and O–H groups in total. The smallest absolute Gasteiger partial charge is 0.244 e. The van der Waals surface area contributed by atoms with Crippen LogP contribution in [0.4, 0.5) is 5.69 Å². The molecule has 0 aromatic heterocycles. The molecule has 0 unspecified atom stereocenters. The van der Waals surface area contributed by atoms with Gasteiger partial charge in [-0.15, -0.1) is 0 Å². The van der Waals surface area contributed by atoms with Crippen molar-refractivity contribution >= 4 is 23.4 Å². The number of carbonyl (C=O) groups excluding carboxylic acids is 3. The minimum atomic E-state index is -0.337. The van der Waals surface area contributed by atoms with Gasteiger partial charge in [-0.2, -0.15) is 0 Å². The van der Waals surface area contributed by atoms with Gasteiger partial charge >= 0.3 is 0 Å². The lowest BCUT2D eigenvalue weighted by molar-refractivity contribution is -0.142. The second-order valence-corrected chi connectivity index (χ2v) is 6.71. The second-order valence-electron chi connectivity index (χ2n) is 6.71. The Kier molecular flexibility index (Phi) is 4.51. The van der Waals surface area contributed by atoms with Crippen molar-refractivity contribution in [3.05, 3.63) is 42.0 Å². The highest BCUT2D eigenvalue weighted by Gasteiger charge is 2.47. The summed E-state index contributed by atoms with van der Waals surface area (Å²) < 4.78 is 0. The molecule has 1 fully saturated rings. The maximum absolute atomic E-state index is 12.4. The summed E-state index contributed by atoms with van der Waals surface area (Å²) in [6.07, 6.45) is 5.05. The Morgan fingerprint density at radius 1 is 1.12 bits per heavy atom. The van der Waals surface area contributed by atoms with Gasteiger partial charge in [0, 0.05) is 5.69 Å². The van der Waals surface area contributed by atoms with Gasteiger partial charge in [-0.1, -0.05) is 44.2 Å². The zero-order valence-corrected chi connectivity index (χ0v) is 14.0. The van der Waals surface area contributed by atoms with Gasteiger partial charge in [-0.05, 0) is 30.4 Å². The molecule has 2 aliphatic rings. The minimum absolute atomic E-state index is 0.211. The van der Waals surface area contributed by atoms with Crippen LogP contribution in [0.3, 0.4) is 0 Å². The largest absolute Gasteiger partial charge is 0.324 e. The van der Waals surface area contributed by atoms with Crippen LogP contribution < -0.4 is 5.32 Å². The first-order valence-electron chi connectivity index (χ1n) is 8.38. The molecule has 126 valence electrons. The lowest BCUT2D eigenvalue weighted by atomic mass is 9.85. The predicted molar refractivity (Wildman–Crippen MR) is 91.2 cm³/mol. The Morgan fingerprint density at radius 2 is 1.71 bits per heavy atom. The number of nitrogens with zero attached hydrogens (tertiary/aromatic N) is 1. The number of benzene rings is 1. The summed E-state index contributed by atoms with van der Waals surface area (Å²) >= 11 is 0. The summed E-state index contributed by atoms with van der Waals surface area (Å²) in [4.78, 5) is 38.3. The van der Waals surface area contributed by atoms with Crippen LogP contribution in [0.1, 0.15) is 38.2 Å². The lowest BCUT2D eigenvalue weighted by Crippen LogP contribution is -2.38. The number of nitrogens with one attached hydrogen (secondary N) is 1. The van der Waals surface area contributed by atoms with Crippen molar-refractivity contribution in [3.8, 4) is 0 Å². The third kappa shape index (κ3) is 2.98. The molecule has 0 bridgehead atoms. The van der Waals surface area contributed by atoms with E-state index in [-0.39, 0.29) is 42.0 Å². The first-order valence-corrected chi connectivity index (χ1v) is 8.38. The highest BCUT2D eigenvalue weighted by atomic mass is 16.2. The standard InChI is InChI=1S/C19H22N2O3/c1-12(2)13-7-5-6-10-16(13)20-17(22)11-21-18(23)14-8-3-4-9-15(14)19(21)24/h3-7,10,12,14-15H,8-9,11H2,1-2H3,(H,20,22)/t14-,15+. The van der Waals surface area contributed by atoms with E-state index in [9.17, 15) is 14.4 Å². The molecule has 1 heterocycles. The van der Waals surface area contributed by atoms with Crippen LogP contribution in [0, 0.1) is 11.8 Å². The molecule has 1 aromatic carbocycles. The highest BCUT2D eigenvalue weighted by Crippen LogP contribution is 2.35. The normalized spacial score (nSPS) is 22.9. The Bertz CT molecular complexity index is 682. The van der Waals surface area contributed by atoms with Crippen molar-refractivity contribution in [2.24, 2.45) is 11.8 Å². The van der Waals surface area contributed by atoms with E-state index in [2.05, 4.69) is 19.2 Å². The summed E-state index contributed by atoms with van der Waals surface area (Å²) in [7, 11) is 0. The Balaban J connectivity index is 1.70. The predicted octanol–water partition coefficient (Wildman–Crippen LogP) is 2.70. The average molecular weight is 326 g/mol. The van der Waals surface area contributed by atoms with Gasteiger partial charge in [0.1, 0.15) is 6.54 Å². The number of anilines is 1. The van der Waals surface area contributed by atoms with Crippen molar-refractivity contribution in [1.29, 1.82) is 0 Å². The minimum Gasteiger partial charge on any atom is -0.324 e. The monoisotopic (exact) mass is 326 g/mol. The van der Waals surface area contributed by atoms with Gasteiger partial charge in [0.15, 0.2) is 0 Å². The molecule has 1 aliphatic carbocycles. The molecule has 5 heteroatoms. The van der Waals surface area contributed by atoms with Gasteiger partial charge < -0.3 is 5.32 Å². The van der Waals surface area contributed by atoms with Crippen LogP contribution >= 0.6 is 0 Å². The molecule has 0 radical (unpaired) electrons. The molecule has 5 nitrogen and oxygen atoms in total. The summed E-state index contributed by atoms with van der Waals surface area (Å²) in [6, 6.07) is 7.58. The van der Waals surface area contributed by atoms with Crippen LogP contribution in [-0.2, 0) is 14.4 Å². The molecule has 0 spiro atoms. The number of imide groups is 1. The quantitative estimate of drug-likeness (QED) is 0.683. The number of likely N-dealkylation sites (tertiary alicyclic amines) is 1. The van der Waals surface area contributed by atoms with E-state index in [1.54, 1.807) is 0 Å². The first kappa shape index (κ1) is 16.4. The number of amides is 3. The Labute approximate surface area is 141 Å². The molecular formula is C19H22N2O3. The average Bonchev–Trinajstić information content (AvgIpc) is 2.80. The summed E-state index contributed by atoms with van der Waals surface area (Å²) in [5.41, 5.74) is 1.76. The van der Waals surface area contributed by atoms with Crippen molar-refractivity contribution in [2.45, 2.75) is 32.6 Å². The fourth-order valence-corrected chi connectivity index (χ4v) is 3.47. The number of para-hydroxylation sites is 1. The van der Waals surface area contributed by atoms with E-state index in [4.69, 9.17) is 0 Å². The van der Waals surface area contributed by atoms with Crippen molar-refractivity contribution in [3.63, 3.8) is 0 Å². The van der Waals surface area contributed by atoms with Crippen LogP contribution in [-0.4, -0.2) is 29.2 Å². The number of hydrogen-bond acceptors (Lipinski definition) is 3. The third-order valence-electron chi connectivity index (χ3n) is 4.76. The Morgan fingerprint density at radius 3 is 2.29 bits per heavy atom. The topological polar surface area (TPSA) is 66.5 Å². The first-order chi connectivity index (χ1) is 11.5. The van der Waals surface area contributed by atoms with E-state index in [0.29, 0.717) is 12.8 Å². The van der Waals surface area contributed by atoms with E-state index in [1.165, 1.54) is 0 Å². The molecule has 1 aliphatic heterocycles. The molecule has 24 heavy (non-hydrogen) atoms. The number of carbonyl (C=O) groups is 3. The van der Waals surface area contributed by atoms with Crippen molar-refractivity contribution < 1.29 is 14.4 Å². The number of allylic oxidation sites excluding steroid dienone is 2. The molecule has 1 saturated heterocycles. The lowest BCUT2D eigenvalue weighted by Gasteiger charge is -2.17. The van der Waals surface area contributed by atoms with Gasteiger partial charge in [0.2, 0.25) is 17.7 Å². The van der Waals surface area contributed by atoms with Crippen LogP contribution in [0.15, 0.2) is 36.4 Å². The highest BCUT2D eigenvalue weighted by molar-refractivity contribution is 6.08. The zero-order chi connectivity index (χ0) is 17.3. The maximum atomic E-state index is 12.4. The van der Waals surface area contributed by atoms with Gasteiger partial charge in [0.25, 0.3) is 0 Å². The summed E-state index contributed by atoms with van der Waals surface area (Å²) in [6.45, 7) is 3.89. The van der Waals surface area contributed by atoms with Crippen LogP contribution in [0.5, 0.6) is 0 Å². The molecule has 2 atom stereocenters. The number of fused-ring (bicyclic) bond motifs is 1. The van der Waals surface area contributed by atoms with E-state index < -0.39 is 0 Å². The molecule has 3 rings (SSSR count). The van der Waals surface area contributed by atoms with E-state index in [1.807, 2.05) is 36.4 Å². The fraction of sp³-hybridized carbons (Fsp3) is 0.421. The van der Waals surface area contributed by atoms with Gasteiger partial charge in [0.05, 0.1) is 11.8 Å². The van der Waals surface area contributed by atoms with E-state index >= 15 is 0 Å². The number of hydrogen-bond donors (Lipinski definition) is 1. The number of rotatable bonds is 4. The van der Waals surface area contributed by atoms with Gasteiger partial charge in [-0.25, -0.2) is 0 Å². The van der Waals surface area contributed by atoms with Crippen LogP contribution in [0.2, 0.25) is 0 Å². The van der Waals surface area contributed by atoms with Crippen LogP contribution in [0.25, 0.3) is 0 Å². The fourth-order valence-electron chi connectivity index (χ4n) is 3.47.